The molecule has 0 bridgehead atoms. The number of aliphatic carboxylic acids is 1. The fraction of sp³-hybridized carbons (Fsp3) is 0.312. The molecule has 2 aliphatic rings. The summed E-state index contributed by atoms with van der Waals surface area (Å²) < 4.78 is 48.0. The second kappa shape index (κ2) is 15.2. The van der Waals surface area contributed by atoms with Crippen molar-refractivity contribution in [1.82, 2.24) is 20.6 Å². The Bertz CT molecular complexity index is 1820. The number of aldehydes is 2. The van der Waals surface area contributed by atoms with Crippen LogP contribution in [0.15, 0.2) is 48.5 Å². The van der Waals surface area contributed by atoms with Gasteiger partial charge in [-0.2, -0.15) is 18.2 Å². The third-order valence-corrected chi connectivity index (χ3v) is 7.74. The molecule has 51 heavy (non-hydrogen) atoms. The fourth-order valence-electron chi connectivity index (χ4n) is 5.31. The number of nitrogen functional groups attached to an aromatic ring is 1. The Kier molecular flexibility index (Phi) is 11.2. The predicted octanol–water partition coefficient (Wildman–Crippen LogP) is 1.45. The van der Waals surface area contributed by atoms with Crippen LogP contribution in [0.1, 0.15) is 28.0 Å². The van der Waals surface area contributed by atoms with Crippen LogP contribution in [-0.2, 0) is 35.1 Å². The molecule has 0 spiro atoms. The van der Waals surface area contributed by atoms with E-state index < -0.39 is 35.1 Å². The number of aromatic nitrogens is 2. The Labute approximate surface area is 287 Å². The molecule has 1 aromatic heterocycles. The number of amides is 2. The zero-order chi connectivity index (χ0) is 37.6. The molecule has 0 radical (unpaired) electrons. The van der Waals surface area contributed by atoms with Gasteiger partial charge < -0.3 is 40.0 Å². The number of rotatable bonds is 12. The van der Waals surface area contributed by atoms with Crippen LogP contribution < -0.4 is 30.7 Å². The van der Waals surface area contributed by atoms with E-state index in [0.29, 0.717) is 46.8 Å². The summed E-state index contributed by atoms with van der Waals surface area (Å²) >= 11 is 0. The molecule has 1 unspecified atom stereocenters. The van der Waals surface area contributed by atoms with E-state index in [1.165, 1.54) is 12.0 Å². The lowest BCUT2D eigenvalue weighted by Gasteiger charge is -2.23. The molecule has 270 valence electrons. The molecular formula is C32H31F3N6O10. The first-order valence-corrected chi connectivity index (χ1v) is 14.9. The number of carboxylic acids is 1. The number of aryl methyl sites for hydroxylation is 1. The maximum atomic E-state index is 13.2. The van der Waals surface area contributed by atoms with Gasteiger partial charge in [-0.15, -0.1) is 0 Å². The van der Waals surface area contributed by atoms with E-state index in [1.807, 2.05) is 0 Å². The molecule has 2 aromatic carbocycles. The number of hydrogen-bond donors (Lipinski definition) is 4. The first kappa shape index (κ1) is 37.7. The Balaban J connectivity index is 0.000000755. The second-order valence-corrected chi connectivity index (χ2v) is 11.1. The van der Waals surface area contributed by atoms with Crippen molar-refractivity contribution in [3.05, 3.63) is 65.4 Å². The van der Waals surface area contributed by atoms with Crippen LogP contribution >= 0.6 is 0 Å². The molecule has 0 saturated carbocycles. The van der Waals surface area contributed by atoms with Gasteiger partial charge in [-0.1, -0.05) is 12.1 Å². The molecule has 16 nitrogen and oxygen atoms in total. The van der Waals surface area contributed by atoms with Crippen molar-refractivity contribution in [1.29, 1.82) is 0 Å². The predicted molar refractivity (Wildman–Crippen MR) is 169 cm³/mol. The first-order chi connectivity index (χ1) is 24.1. The number of fused-ring (bicyclic) bond motifs is 1. The molecule has 1 fully saturated rings. The fourth-order valence-corrected chi connectivity index (χ4v) is 5.31. The van der Waals surface area contributed by atoms with Crippen LogP contribution in [0.2, 0.25) is 0 Å². The van der Waals surface area contributed by atoms with Crippen molar-refractivity contribution < 1.29 is 61.3 Å². The highest BCUT2D eigenvalue weighted by Crippen LogP contribution is 2.43. The summed E-state index contributed by atoms with van der Waals surface area (Å²) in [6, 6.07) is 13.2. The summed E-state index contributed by atoms with van der Waals surface area (Å²) in [6.45, 7) is 1.84. The molecule has 2 atom stereocenters. The van der Waals surface area contributed by atoms with Crippen molar-refractivity contribution in [3.63, 3.8) is 0 Å². The second-order valence-electron chi connectivity index (χ2n) is 11.1. The number of nitrogens with zero attached hydrogens (tertiary/aromatic N) is 3. The summed E-state index contributed by atoms with van der Waals surface area (Å²) in [4.78, 5) is 80.0. The van der Waals surface area contributed by atoms with Gasteiger partial charge in [0.25, 0.3) is 11.8 Å². The number of carboxylic acid groups (broad SMARTS) is 1. The van der Waals surface area contributed by atoms with E-state index in [4.69, 9.17) is 29.8 Å². The molecule has 5 N–H and O–H groups in total. The van der Waals surface area contributed by atoms with Crippen LogP contribution in [0.5, 0.6) is 11.6 Å². The smallest absolute Gasteiger partial charge is 0.490 e. The zero-order valence-electron chi connectivity index (χ0n) is 27.0. The number of anilines is 3. The van der Waals surface area contributed by atoms with Crippen molar-refractivity contribution in [2.24, 2.45) is 0 Å². The monoisotopic (exact) mass is 716 g/mol. The lowest BCUT2D eigenvalue weighted by Crippen LogP contribution is -2.39. The average molecular weight is 717 g/mol. The number of nitrogens with two attached hydrogens (primary N) is 1. The highest BCUT2D eigenvalue weighted by molar-refractivity contribution is 6.13. The minimum atomic E-state index is -5.08. The molecule has 5 rings (SSSR count). The highest BCUT2D eigenvalue weighted by Gasteiger charge is 2.72. The Morgan fingerprint density at radius 1 is 1.06 bits per heavy atom. The summed E-state index contributed by atoms with van der Waals surface area (Å²) in [7, 11) is 1.21. The number of nitrogens with one attached hydrogen (secondary N) is 2. The Morgan fingerprint density at radius 3 is 2.31 bits per heavy atom. The maximum Gasteiger partial charge on any atom is 0.490 e. The summed E-state index contributed by atoms with van der Waals surface area (Å²) in [6.07, 6.45) is -4.05. The Hall–Kier alpha value is -6.11. The summed E-state index contributed by atoms with van der Waals surface area (Å²) in [5.41, 5.74) is 5.30. The number of carbonyl (C=O) groups is 6. The molecule has 2 amide bonds. The molecule has 3 aromatic rings. The summed E-state index contributed by atoms with van der Waals surface area (Å²) in [5.74, 6) is -3.41. The standard InChI is InChI=1S/C30H30N6O8.C2HF3O2/c1-18-13-24(34-28(31)33-18)44-12-11-43-21-7-8-23-22(14-21)26(40)32-16-25(39)36(23)20-5-3-19(4-6-20)15-30(27(41)42-2)29(17-38,35-30)9-10-37;3-2(4,5)1(6)7/h3-8,10,13-14,17,35H,9,11-12,15-16H2,1-2H3,(H,32,40)(H2,31,33,34);(H,6,7)/t29?,30-;/m0./s1. The van der Waals surface area contributed by atoms with E-state index in [-0.39, 0.29) is 50.0 Å². The topological polar surface area (TPSA) is 239 Å². The molecule has 3 heterocycles. The number of methoxy groups -OCH3 is 1. The van der Waals surface area contributed by atoms with Gasteiger partial charge in [0.1, 0.15) is 42.6 Å². The lowest BCUT2D eigenvalue weighted by molar-refractivity contribution is -0.192. The molecule has 2 aliphatic heterocycles. The van der Waals surface area contributed by atoms with Crippen molar-refractivity contribution >= 4 is 53.6 Å². The number of alkyl halides is 3. The number of esters is 1. The first-order valence-electron chi connectivity index (χ1n) is 14.9. The minimum Gasteiger partial charge on any atom is -0.490 e. The van der Waals surface area contributed by atoms with Crippen LogP contribution in [0.3, 0.4) is 0 Å². The lowest BCUT2D eigenvalue weighted by atomic mass is 9.86. The van der Waals surface area contributed by atoms with Crippen LogP contribution in [-0.4, -0.2) is 95.5 Å². The van der Waals surface area contributed by atoms with E-state index >= 15 is 0 Å². The SMILES string of the molecule is COC(=O)[C@]1(Cc2ccc(N3C(=O)CNC(=O)c4cc(OCCOc5cc(C)nc(N)n5)ccc43)cc2)NC1(C=O)CC=O.O=C(O)C(F)(F)F. The third kappa shape index (κ3) is 8.38. The van der Waals surface area contributed by atoms with Gasteiger partial charge in [0.15, 0.2) is 0 Å². The maximum absolute atomic E-state index is 13.2. The van der Waals surface area contributed by atoms with Gasteiger partial charge in [-0.3, -0.25) is 19.8 Å². The third-order valence-electron chi connectivity index (χ3n) is 7.74. The number of benzene rings is 2. The van der Waals surface area contributed by atoms with E-state index in [2.05, 4.69) is 20.6 Å². The molecular weight excluding hydrogens is 685 g/mol. The van der Waals surface area contributed by atoms with Crippen molar-refractivity contribution in [2.75, 3.05) is 37.5 Å². The zero-order valence-corrected chi connectivity index (χ0v) is 27.0. The molecule has 0 aliphatic carbocycles. The largest absolute Gasteiger partial charge is 0.490 e. The molecule has 19 heteroatoms. The van der Waals surface area contributed by atoms with E-state index in [1.54, 1.807) is 55.5 Å². The van der Waals surface area contributed by atoms with Gasteiger partial charge >= 0.3 is 18.1 Å². The van der Waals surface area contributed by atoms with E-state index in [0.717, 1.165) is 0 Å². The summed E-state index contributed by atoms with van der Waals surface area (Å²) in [5, 5.41) is 12.6. The van der Waals surface area contributed by atoms with E-state index in [9.17, 15) is 37.1 Å². The number of carbonyl (C=O) groups excluding carboxylic acids is 5. The number of ether oxygens (including phenoxy) is 3. The Morgan fingerprint density at radius 2 is 1.73 bits per heavy atom. The van der Waals surface area contributed by atoms with Crippen LogP contribution in [0.4, 0.5) is 30.5 Å². The van der Waals surface area contributed by atoms with Gasteiger partial charge in [0.2, 0.25) is 11.8 Å². The number of hydrogen-bond acceptors (Lipinski definition) is 13. The van der Waals surface area contributed by atoms with Crippen LogP contribution in [0, 0.1) is 6.92 Å². The van der Waals surface area contributed by atoms with Crippen molar-refractivity contribution in [2.45, 2.75) is 37.0 Å². The van der Waals surface area contributed by atoms with Gasteiger partial charge in [0.05, 0.1) is 24.9 Å². The average Bonchev–Trinajstić information content (AvgIpc) is 3.75. The van der Waals surface area contributed by atoms with Gasteiger partial charge in [-0.25, -0.2) is 14.6 Å². The number of halogens is 3. The normalized spacial score (nSPS) is 19.3. The molecule has 1 saturated heterocycles. The van der Waals surface area contributed by atoms with Crippen molar-refractivity contribution in [3.8, 4) is 11.6 Å². The highest BCUT2D eigenvalue weighted by atomic mass is 19.4. The van der Waals surface area contributed by atoms with Gasteiger partial charge in [-0.05, 0) is 42.8 Å². The van der Waals surface area contributed by atoms with Crippen LogP contribution in [0.25, 0.3) is 0 Å². The van der Waals surface area contributed by atoms with Gasteiger partial charge in [0, 0.05) is 30.3 Å². The quantitative estimate of drug-likeness (QED) is 0.0898. The minimum absolute atomic E-state index is 0.0751.